The molecule has 0 spiro atoms. The predicted molar refractivity (Wildman–Crippen MR) is 91.0 cm³/mol. The summed E-state index contributed by atoms with van der Waals surface area (Å²) in [6.07, 6.45) is 0. The highest BCUT2D eigenvalue weighted by Crippen LogP contribution is 2.43. The monoisotopic (exact) mass is 366 g/mol. The Labute approximate surface area is 149 Å². The molecule has 1 fully saturated rings. The van der Waals surface area contributed by atoms with Crippen LogP contribution in [-0.4, -0.2) is 42.3 Å². The van der Waals surface area contributed by atoms with Gasteiger partial charge in [0.15, 0.2) is 11.6 Å². The summed E-state index contributed by atoms with van der Waals surface area (Å²) in [6, 6.07) is 5.73. The molecule has 2 aromatic rings. The first-order valence-corrected chi connectivity index (χ1v) is 8.50. The molecule has 25 heavy (non-hydrogen) atoms. The lowest BCUT2D eigenvalue weighted by atomic mass is 10.00. The van der Waals surface area contributed by atoms with Gasteiger partial charge in [-0.3, -0.25) is 4.90 Å². The Hall–Kier alpha value is -1.89. The summed E-state index contributed by atoms with van der Waals surface area (Å²) in [4.78, 5) is 2.16. The molecule has 1 saturated heterocycles. The maximum atomic E-state index is 15.2. The van der Waals surface area contributed by atoms with E-state index in [9.17, 15) is 9.50 Å². The van der Waals surface area contributed by atoms with Gasteiger partial charge < -0.3 is 15.2 Å². The molecular formula is C18H17ClF2N2O2. The predicted octanol–water partition coefficient (Wildman–Crippen LogP) is 3.16. The van der Waals surface area contributed by atoms with Crippen LogP contribution in [0.4, 0.5) is 8.78 Å². The molecule has 0 saturated carbocycles. The van der Waals surface area contributed by atoms with E-state index < -0.39 is 11.6 Å². The van der Waals surface area contributed by atoms with Crippen molar-refractivity contribution < 1.29 is 18.6 Å². The number of halogens is 3. The standard InChI is InChI=1S/C18H17ClF2N2O2/c19-12-2-1-3-14(24)15(12)16-13(20)6-10-8-23-5-4-22-7-11(23)9-25-18(10)17(16)21/h1-3,6,11,22,24H,4-5,7-9H2. The second-order valence-corrected chi connectivity index (χ2v) is 6.72. The Balaban J connectivity index is 1.84. The summed E-state index contributed by atoms with van der Waals surface area (Å²) < 4.78 is 35.6. The van der Waals surface area contributed by atoms with Gasteiger partial charge in [-0.1, -0.05) is 17.7 Å². The van der Waals surface area contributed by atoms with Crippen molar-refractivity contribution in [2.45, 2.75) is 12.6 Å². The van der Waals surface area contributed by atoms with Crippen LogP contribution in [0.25, 0.3) is 11.1 Å². The van der Waals surface area contributed by atoms with Crippen LogP contribution in [0.15, 0.2) is 24.3 Å². The number of benzene rings is 2. The quantitative estimate of drug-likeness (QED) is 0.813. The third-order valence-electron chi connectivity index (χ3n) is 4.76. The third kappa shape index (κ3) is 2.84. The molecule has 2 aliphatic rings. The second-order valence-electron chi connectivity index (χ2n) is 6.31. The summed E-state index contributed by atoms with van der Waals surface area (Å²) in [7, 11) is 0. The van der Waals surface area contributed by atoms with Crippen molar-refractivity contribution in [3.05, 3.63) is 46.5 Å². The average Bonchev–Trinajstić information content (AvgIpc) is 2.76. The molecule has 1 atom stereocenters. The first kappa shape index (κ1) is 16.6. The highest BCUT2D eigenvalue weighted by Gasteiger charge is 2.31. The fraction of sp³-hybridized carbons (Fsp3) is 0.333. The molecular weight excluding hydrogens is 350 g/mol. The average molecular weight is 367 g/mol. The SMILES string of the molecule is Oc1cccc(Cl)c1-c1c(F)cc2c(c1F)OCC1CNCCN1C2. The Morgan fingerprint density at radius 3 is 2.92 bits per heavy atom. The summed E-state index contributed by atoms with van der Waals surface area (Å²) in [5.41, 5.74) is 0.0451. The molecule has 0 radical (unpaired) electrons. The number of piperazine rings is 1. The van der Waals surface area contributed by atoms with E-state index >= 15 is 4.39 Å². The smallest absolute Gasteiger partial charge is 0.176 e. The van der Waals surface area contributed by atoms with Crippen LogP contribution in [-0.2, 0) is 6.54 Å². The van der Waals surface area contributed by atoms with E-state index in [0.29, 0.717) is 18.7 Å². The molecule has 0 aliphatic carbocycles. The lowest BCUT2D eigenvalue weighted by Crippen LogP contribution is -2.52. The Morgan fingerprint density at radius 1 is 1.28 bits per heavy atom. The number of nitrogens with one attached hydrogen (secondary N) is 1. The van der Waals surface area contributed by atoms with Crippen molar-refractivity contribution in [2.24, 2.45) is 0 Å². The van der Waals surface area contributed by atoms with Gasteiger partial charge in [0, 0.05) is 37.3 Å². The molecule has 2 N–H and O–H groups in total. The normalized spacial score (nSPS) is 20.4. The topological polar surface area (TPSA) is 44.7 Å². The van der Waals surface area contributed by atoms with Crippen LogP contribution < -0.4 is 10.1 Å². The van der Waals surface area contributed by atoms with Gasteiger partial charge in [0.1, 0.15) is 18.2 Å². The maximum Gasteiger partial charge on any atom is 0.176 e. The molecule has 2 heterocycles. The largest absolute Gasteiger partial charge is 0.507 e. The first-order valence-electron chi connectivity index (χ1n) is 8.12. The van der Waals surface area contributed by atoms with E-state index in [1.807, 2.05) is 0 Å². The highest BCUT2D eigenvalue weighted by atomic mass is 35.5. The van der Waals surface area contributed by atoms with Crippen molar-refractivity contribution in [1.82, 2.24) is 10.2 Å². The van der Waals surface area contributed by atoms with Gasteiger partial charge in [0.2, 0.25) is 0 Å². The van der Waals surface area contributed by atoms with E-state index in [-0.39, 0.29) is 33.7 Å². The Bertz CT molecular complexity index is 811. The number of hydrogen-bond acceptors (Lipinski definition) is 4. The van der Waals surface area contributed by atoms with Crippen LogP contribution in [0, 0.1) is 11.6 Å². The molecule has 7 heteroatoms. The molecule has 2 aromatic carbocycles. The van der Waals surface area contributed by atoms with Gasteiger partial charge in [-0.2, -0.15) is 0 Å². The van der Waals surface area contributed by atoms with Crippen molar-refractivity contribution >= 4 is 11.6 Å². The van der Waals surface area contributed by atoms with Crippen molar-refractivity contribution in [2.75, 3.05) is 26.2 Å². The number of rotatable bonds is 1. The zero-order chi connectivity index (χ0) is 17.6. The zero-order valence-electron chi connectivity index (χ0n) is 13.4. The van der Waals surface area contributed by atoms with Crippen LogP contribution in [0.1, 0.15) is 5.56 Å². The lowest BCUT2D eigenvalue weighted by Gasteiger charge is -2.33. The summed E-state index contributed by atoms with van der Waals surface area (Å²) in [5.74, 6) is -1.84. The maximum absolute atomic E-state index is 15.2. The van der Waals surface area contributed by atoms with Crippen molar-refractivity contribution in [3.63, 3.8) is 0 Å². The molecule has 0 amide bonds. The Morgan fingerprint density at radius 2 is 2.12 bits per heavy atom. The van der Waals surface area contributed by atoms with E-state index in [1.54, 1.807) is 0 Å². The summed E-state index contributed by atoms with van der Waals surface area (Å²) >= 11 is 6.07. The van der Waals surface area contributed by atoms with Crippen LogP contribution in [0.2, 0.25) is 5.02 Å². The van der Waals surface area contributed by atoms with Gasteiger partial charge in [-0.25, -0.2) is 8.78 Å². The van der Waals surface area contributed by atoms with Crippen molar-refractivity contribution in [3.8, 4) is 22.6 Å². The minimum absolute atomic E-state index is 0.0325. The van der Waals surface area contributed by atoms with Gasteiger partial charge in [0.05, 0.1) is 16.6 Å². The number of aromatic hydroxyl groups is 1. The first-order chi connectivity index (χ1) is 12.1. The Kier molecular flexibility index (Phi) is 4.27. The zero-order valence-corrected chi connectivity index (χ0v) is 14.1. The van der Waals surface area contributed by atoms with E-state index in [2.05, 4.69) is 10.2 Å². The van der Waals surface area contributed by atoms with Gasteiger partial charge >= 0.3 is 0 Å². The number of phenols is 1. The molecule has 0 aromatic heterocycles. The minimum atomic E-state index is -0.828. The van der Waals surface area contributed by atoms with E-state index in [4.69, 9.17) is 16.3 Å². The number of nitrogens with zero attached hydrogens (tertiary/aromatic N) is 1. The fourth-order valence-electron chi connectivity index (χ4n) is 3.49. The van der Waals surface area contributed by atoms with Crippen LogP contribution >= 0.6 is 11.6 Å². The fourth-order valence-corrected chi connectivity index (χ4v) is 3.75. The second kappa shape index (κ2) is 6.44. The minimum Gasteiger partial charge on any atom is -0.507 e. The molecule has 4 rings (SSSR count). The molecule has 132 valence electrons. The highest BCUT2D eigenvalue weighted by molar-refractivity contribution is 6.33. The van der Waals surface area contributed by atoms with E-state index in [0.717, 1.165) is 19.6 Å². The lowest BCUT2D eigenvalue weighted by molar-refractivity contribution is 0.119. The number of fused-ring (bicyclic) bond motifs is 2. The number of ether oxygens (including phenoxy) is 1. The van der Waals surface area contributed by atoms with Crippen LogP contribution in [0.3, 0.4) is 0 Å². The molecule has 1 unspecified atom stereocenters. The van der Waals surface area contributed by atoms with E-state index in [1.165, 1.54) is 24.3 Å². The third-order valence-corrected chi connectivity index (χ3v) is 5.07. The van der Waals surface area contributed by atoms with Gasteiger partial charge in [0.25, 0.3) is 0 Å². The summed E-state index contributed by atoms with van der Waals surface area (Å²) in [5, 5.41) is 13.4. The van der Waals surface area contributed by atoms with Crippen molar-refractivity contribution in [1.29, 1.82) is 0 Å². The molecule has 4 nitrogen and oxygen atoms in total. The summed E-state index contributed by atoms with van der Waals surface area (Å²) in [6.45, 7) is 3.11. The number of hydrogen-bond donors (Lipinski definition) is 2. The van der Waals surface area contributed by atoms with Gasteiger partial charge in [-0.15, -0.1) is 0 Å². The molecule has 0 bridgehead atoms. The molecule has 2 aliphatic heterocycles. The van der Waals surface area contributed by atoms with Crippen LogP contribution in [0.5, 0.6) is 11.5 Å². The number of phenolic OH excluding ortho intramolecular Hbond substituents is 1. The van der Waals surface area contributed by atoms with Gasteiger partial charge in [-0.05, 0) is 18.2 Å².